The summed E-state index contributed by atoms with van der Waals surface area (Å²) in [6.07, 6.45) is 2.77. The molecule has 0 aliphatic carbocycles. The van der Waals surface area contributed by atoms with E-state index >= 15 is 0 Å². The Morgan fingerprint density at radius 2 is 2.44 bits per heavy atom. The van der Waals surface area contributed by atoms with Gasteiger partial charge in [0.2, 0.25) is 0 Å². The smallest absolute Gasteiger partial charge is 0.0553 e. The molecule has 1 fully saturated rings. The van der Waals surface area contributed by atoms with Gasteiger partial charge in [0.15, 0.2) is 0 Å². The van der Waals surface area contributed by atoms with Crippen LogP contribution >= 0.6 is 0 Å². The molecule has 1 N–H and O–H groups in total. The zero-order chi connectivity index (χ0) is 11.5. The standard InChI is InChI=1S/C12H20N2O2/c1-9(2)14-12(3-5-13-14)11-8-16-6-4-10(11)7-15/h3,5,9-11,15H,4,6-8H2,1-2H3. The fraction of sp³-hybridized carbons (Fsp3) is 0.750. The van der Waals surface area contributed by atoms with Crippen LogP contribution in [-0.4, -0.2) is 34.7 Å². The van der Waals surface area contributed by atoms with Crippen LogP contribution < -0.4 is 0 Å². The van der Waals surface area contributed by atoms with Gasteiger partial charge < -0.3 is 9.84 Å². The Balaban J connectivity index is 2.23. The van der Waals surface area contributed by atoms with E-state index < -0.39 is 0 Å². The summed E-state index contributed by atoms with van der Waals surface area (Å²) in [4.78, 5) is 0. The van der Waals surface area contributed by atoms with Crippen molar-refractivity contribution in [3.05, 3.63) is 18.0 Å². The maximum absolute atomic E-state index is 9.40. The molecule has 2 heterocycles. The molecule has 0 bridgehead atoms. The van der Waals surface area contributed by atoms with Crippen molar-refractivity contribution in [3.63, 3.8) is 0 Å². The lowest BCUT2D eigenvalue weighted by atomic mass is 9.86. The van der Waals surface area contributed by atoms with E-state index in [1.54, 1.807) is 0 Å². The second-order valence-corrected chi connectivity index (χ2v) is 4.71. The lowest BCUT2D eigenvalue weighted by Crippen LogP contribution is -2.30. The Morgan fingerprint density at radius 1 is 1.62 bits per heavy atom. The van der Waals surface area contributed by atoms with E-state index in [4.69, 9.17) is 4.74 Å². The summed E-state index contributed by atoms with van der Waals surface area (Å²) in [7, 11) is 0. The average Bonchev–Trinajstić information content (AvgIpc) is 2.77. The van der Waals surface area contributed by atoms with E-state index in [1.165, 1.54) is 5.69 Å². The van der Waals surface area contributed by atoms with Crippen molar-refractivity contribution in [2.45, 2.75) is 32.2 Å². The van der Waals surface area contributed by atoms with Gasteiger partial charge in [0.1, 0.15) is 0 Å². The van der Waals surface area contributed by atoms with Crippen LogP contribution in [-0.2, 0) is 4.74 Å². The Bertz CT molecular complexity index is 336. The molecule has 2 rings (SSSR count). The van der Waals surface area contributed by atoms with Crippen LogP contribution in [0.4, 0.5) is 0 Å². The third-order valence-electron chi connectivity index (χ3n) is 3.30. The Hall–Kier alpha value is -0.870. The zero-order valence-electron chi connectivity index (χ0n) is 9.97. The van der Waals surface area contributed by atoms with Gasteiger partial charge in [-0.1, -0.05) is 0 Å². The SMILES string of the molecule is CC(C)n1nccc1C1COCCC1CO. The summed E-state index contributed by atoms with van der Waals surface area (Å²) in [6.45, 7) is 5.93. The highest BCUT2D eigenvalue weighted by atomic mass is 16.5. The van der Waals surface area contributed by atoms with E-state index in [-0.39, 0.29) is 12.5 Å². The van der Waals surface area contributed by atoms with E-state index in [1.807, 2.05) is 16.9 Å². The van der Waals surface area contributed by atoms with E-state index in [0.29, 0.717) is 18.6 Å². The molecule has 4 heteroatoms. The minimum atomic E-state index is 0.233. The van der Waals surface area contributed by atoms with Crippen LogP contribution in [0.15, 0.2) is 12.3 Å². The molecule has 1 saturated heterocycles. The molecule has 1 aromatic heterocycles. The molecule has 1 aliphatic rings. The highest BCUT2D eigenvalue weighted by Crippen LogP contribution is 2.31. The molecule has 2 atom stereocenters. The molecule has 0 aromatic carbocycles. The van der Waals surface area contributed by atoms with Crippen LogP contribution in [0.25, 0.3) is 0 Å². The zero-order valence-corrected chi connectivity index (χ0v) is 9.97. The van der Waals surface area contributed by atoms with Crippen molar-refractivity contribution in [2.24, 2.45) is 5.92 Å². The maximum Gasteiger partial charge on any atom is 0.0553 e. The summed E-state index contributed by atoms with van der Waals surface area (Å²) in [5, 5.41) is 13.7. The fourth-order valence-corrected chi connectivity index (χ4v) is 2.38. The minimum absolute atomic E-state index is 0.233. The first-order chi connectivity index (χ1) is 7.74. The highest BCUT2D eigenvalue weighted by molar-refractivity contribution is 5.11. The number of hydrogen-bond acceptors (Lipinski definition) is 3. The van der Waals surface area contributed by atoms with Crippen LogP contribution in [0.2, 0.25) is 0 Å². The van der Waals surface area contributed by atoms with Crippen LogP contribution in [0.5, 0.6) is 0 Å². The molecule has 16 heavy (non-hydrogen) atoms. The van der Waals surface area contributed by atoms with Crippen molar-refractivity contribution in [2.75, 3.05) is 19.8 Å². The first kappa shape index (κ1) is 11.6. The number of aliphatic hydroxyl groups is 1. The van der Waals surface area contributed by atoms with Crippen LogP contribution in [0.3, 0.4) is 0 Å². The van der Waals surface area contributed by atoms with Crippen molar-refractivity contribution in [3.8, 4) is 0 Å². The summed E-state index contributed by atoms with van der Waals surface area (Å²) in [6, 6.07) is 2.40. The van der Waals surface area contributed by atoms with E-state index in [0.717, 1.165) is 13.0 Å². The molecule has 0 saturated carbocycles. The Kier molecular flexibility index (Phi) is 3.61. The Labute approximate surface area is 96.2 Å². The molecular weight excluding hydrogens is 204 g/mol. The summed E-state index contributed by atoms with van der Waals surface area (Å²) in [5.41, 5.74) is 1.19. The Morgan fingerprint density at radius 3 is 3.12 bits per heavy atom. The van der Waals surface area contributed by atoms with Crippen molar-refractivity contribution >= 4 is 0 Å². The maximum atomic E-state index is 9.40. The van der Waals surface area contributed by atoms with Gasteiger partial charge in [-0.05, 0) is 32.3 Å². The lowest BCUT2D eigenvalue weighted by Gasteiger charge is -2.31. The molecule has 0 amide bonds. The summed E-state index contributed by atoms with van der Waals surface area (Å²) < 4.78 is 7.55. The van der Waals surface area contributed by atoms with Gasteiger partial charge in [0.25, 0.3) is 0 Å². The second-order valence-electron chi connectivity index (χ2n) is 4.71. The number of aliphatic hydroxyl groups excluding tert-OH is 1. The van der Waals surface area contributed by atoms with Gasteiger partial charge in [-0.3, -0.25) is 4.68 Å². The summed E-state index contributed by atoms with van der Waals surface area (Å²) >= 11 is 0. The third-order valence-corrected chi connectivity index (χ3v) is 3.30. The number of rotatable bonds is 3. The largest absolute Gasteiger partial charge is 0.396 e. The molecule has 0 radical (unpaired) electrons. The minimum Gasteiger partial charge on any atom is -0.396 e. The number of ether oxygens (including phenoxy) is 1. The normalized spacial score (nSPS) is 26.2. The molecule has 1 aromatic rings. The van der Waals surface area contributed by atoms with Gasteiger partial charge in [-0.15, -0.1) is 0 Å². The molecular formula is C12H20N2O2. The fourth-order valence-electron chi connectivity index (χ4n) is 2.38. The monoisotopic (exact) mass is 224 g/mol. The van der Waals surface area contributed by atoms with E-state index in [2.05, 4.69) is 18.9 Å². The molecule has 90 valence electrons. The highest BCUT2D eigenvalue weighted by Gasteiger charge is 2.29. The quantitative estimate of drug-likeness (QED) is 0.848. The predicted molar refractivity (Wildman–Crippen MR) is 61.4 cm³/mol. The van der Waals surface area contributed by atoms with Crippen molar-refractivity contribution in [1.29, 1.82) is 0 Å². The van der Waals surface area contributed by atoms with Crippen molar-refractivity contribution < 1.29 is 9.84 Å². The van der Waals surface area contributed by atoms with Gasteiger partial charge >= 0.3 is 0 Å². The number of aromatic nitrogens is 2. The van der Waals surface area contributed by atoms with Gasteiger partial charge in [-0.25, -0.2) is 0 Å². The average molecular weight is 224 g/mol. The second kappa shape index (κ2) is 4.97. The van der Waals surface area contributed by atoms with Gasteiger partial charge in [0, 0.05) is 37.1 Å². The molecule has 2 unspecified atom stereocenters. The molecule has 4 nitrogen and oxygen atoms in total. The predicted octanol–water partition coefficient (Wildman–Crippen LogP) is 1.58. The first-order valence-corrected chi connectivity index (χ1v) is 5.96. The van der Waals surface area contributed by atoms with Crippen LogP contribution in [0.1, 0.15) is 37.9 Å². The van der Waals surface area contributed by atoms with Crippen LogP contribution in [0, 0.1) is 5.92 Å². The summed E-state index contributed by atoms with van der Waals surface area (Å²) in [5.74, 6) is 0.589. The molecule has 0 spiro atoms. The first-order valence-electron chi connectivity index (χ1n) is 5.96. The number of hydrogen-bond donors (Lipinski definition) is 1. The molecule has 1 aliphatic heterocycles. The number of nitrogens with zero attached hydrogens (tertiary/aromatic N) is 2. The lowest BCUT2D eigenvalue weighted by molar-refractivity contribution is 0.0232. The van der Waals surface area contributed by atoms with Gasteiger partial charge in [-0.2, -0.15) is 5.10 Å². The van der Waals surface area contributed by atoms with Gasteiger partial charge in [0.05, 0.1) is 6.61 Å². The van der Waals surface area contributed by atoms with Crippen molar-refractivity contribution in [1.82, 2.24) is 9.78 Å². The third kappa shape index (κ3) is 2.13. The van der Waals surface area contributed by atoms with E-state index in [9.17, 15) is 5.11 Å². The topological polar surface area (TPSA) is 47.3 Å².